The highest BCUT2D eigenvalue weighted by Crippen LogP contribution is 2.34. The average molecular weight is 300 g/mol. The second-order valence-electron chi connectivity index (χ2n) is 5.80. The Morgan fingerprint density at radius 2 is 2.09 bits per heavy atom. The largest absolute Gasteiger partial charge is 0.408 e. The number of aromatic nitrogens is 3. The zero-order chi connectivity index (χ0) is 15.1. The molecule has 1 aliphatic rings. The van der Waals surface area contributed by atoms with Gasteiger partial charge in [0, 0.05) is 37.1 Å². The maximum atomic E-state index is 13.5. The van der Waals surface area contributed by atoms with Gasteiger partial charge in [0.1, 0.15) is 5.82 Å². The summed E-state index contributed by atoms with van der Waals surface area (Å²) in [6.07, 6.45) is 4.00. The van der Waals surface area contributed by atoms with E-state index in [1.807, 2.05) is 6.20 Å². The first-order valence-electron chi connectivity index (χ1n) is 7.52. The smallest absolute Gasteiger partial charge is 0.318 e. The minimum atomic E-state index is -0.188. The van der Waals surface area contributed by atoms with Gasteiger partial charge >= 0.3 is 6.01 Å². The molecule has 22 heavy (non-hydrogen) atoms. The maximum Gasteiger partial charge on any atom is 0.318 e. The van der Waals surface area contributed by atoms with Gasteiger partial charge in [-0.05, 0) is 42.5 Å². The quantitative estimate of drug-likeness (QED) is 0.788. The van der Waals surface area contributed by atoms with Crippen LogP contribution in [-0.4, -0.2) is 28.3 Å². The molecule has 0 saturated carbocycles. The zero-order valence-corrected chi connectivity index (χ0v) is 12.3. The van der Waals surface area contributed by atoms with E-state index in [9.17, 15) is 4.39 Å². The highest BCUT2D eigenvalue weighted by atomic mass is 19.1. The predicted octanol–water partition coefficient (Wildman–Crippen LogP) is 3.38. The first-order chi connectivity index (χ1) is 10.7. The van der Waals surface area contributed by atoms with Gasteiger partial charge in [-0.1, -0.05) is 5.10 Å². The molecule has 2 aromatic heterocycles. The number of anilines is 1. The first-order valence-corrected chi connectivity index (χ1v) is 7.52. The van der Waals surface area contributed by atoms with Gasteiger partial charge in [0.2, 0.25) is 5.89 Å². The molecule has 6 heteroatoms. The van der Waals surface area contributed by atoms with Gasteiger partial charge in [0.15, 0.2) is 0 Å². The summed E-state index contributed by atoms with van der Waals surface area (Å²) >= 11 is 0. The molecule has 114 valence electrons. The summed E-state index contributed by atoms with van der Waals surface area (Å²) in [6.45, 7) is 3.53. The molecule has 0 amide bonds. The van der Waals surface area contributed by atoms with Crippen molar-refractivity contribution in [1.29, 1.82) is 0 Å². The molecule has 1 fully saturated rings. The van der Waals surface area contributed by atoms with Crippen molar-refractivity contribution in [3.8, 4) is 0 Å². The molecule has 0 bridgehead atoms. The van der Waals surface area contributed by atoms with Gasteiger partial charge in [-0.25, -0.2) is 4.39 Å². The van der Waals surface area contributed by atoms with Crippen molar-refractivity contribution < 1.29 is 8.81 Å². The summed E-state index contributed by atoms with van der Waals surface area (Å²) in [5, 5.41) is 8.94. The number of hydrogen-bond acceptors (Lipinski definition) is 4. The van der Waals surface area contributed by atoms with Crippen LogP contribution in [0.1, 0.15) is 30.2 Å². The van der Waals surface area contributed by atoms with Crippen LogP contribution < -0.4 is 4.90 Å². The van der Waals surface area contributed by atoms with E-state index in [1.165, 1.54) is 11.6 Å². The Labute approximate surface area is 127 Å². The van der Waals surface area contributed by atoms with Crippen LogP contribution in [0.5, 0.6) is 0 Å². The predicted molar refractivity (Wildman–Crippen MR) is 81.5 cm³/mol. The molecule has 0 unspecified atom stereocenters. The Balaban J connectivity index is 1.54. The van der Waals surface area contributed by atoms with Gasteiger partial charge in [-0.3, -0.25) is 0 Å². The normalized spacial score (nSPS) is 16.5. The topological polar surface area (TPSA) is 58.0 Å². The highest BCUT2D eigenvalue weighted by molar-refractivity contribution is 5.83. The number of benzene rings is 1. The summed E-state index contributed by atoms with van der Waals surface area (Å²) in [4.78, 5) is 5.35. The van der Waals surface area contributed by atoms with Crippen LogP contribution in [-0.2, 0) is 0 Å². The van der Waals surface area contributed by atoms with Crippen molar-refractivity contribution in [3.05, 3.63) is 41.7 Å². The number of halogens is 1. The number of rotatable bonds is 2. The van der Waals surface area contributed by atoms with Crippen LogP contribution in [0.2, 0.25) is 0 Å². The van der Waals surface area contributed by atoms with Crippen LogP contribution in [0.3, 0.4) is 0 Å². The summed E-state index contributed by atoms with van der Waals surface area (Å²) in [5.41, 5.74) is 2.20. The molecule has 0 radical (unpaired) electrons. The average Bonchev–Trinajstić information content (AvgIpc) is 3.13. The monoisotopic (exact) mass is 300 g/mol. The molecular formula is C16H17FN4O. The van der Waals surface area contributed by atoms with E-state index >= 15 is 0 Å². The fourth-order valence-electron chi connectivity index (χ4n) is 3.25. The highest BCUT2D eigenvalue weighted by Gasteiger charge is 2.25. The third-order valence-electron chi connectivity index (χ3n) is 4.40. The molecule has 0 spiro atoms. The molecule has 0 atom stereocenters. The molecule has 4 rings (SSSR count). The van der Waals surface area contributed by atoms with E-state index in [0.29, 0.717) is 17.8 Å². The fourth-order valence-corrected chi connectivity index (χ4v) is 3.25. The van der Waals surface area contributed by atoms with Crippen LogP contribution in [0.4, 0.5) is 10.4 Å². The second-order valence-corrected chi connectivity index (χ2v) is 5.80. The number of aryl methyl sites for hydroxylation is 1. The molecule has 1 N–H and O–H groups in total. The molecule has 0 aliphatic carbocycles. The van der Waals surface area contributed by atoms with E-state index in [4.69, 9.17) is 4.42 Å². The van der Waals surface area contributed by atoms with Gasteiger partial charge in [0.05, 0.1) is 0 Å². The molecular weight excluding hydrogens is 283 g/mol. The van der Waals surface area contributed by atoms with E-state index in [0.717, 1.165) is 36.8 Å². The van der Waals surface area contributed by atoms with Crippen LogP contribution in [0.25, 0.3) is 10.9 Å². The molecule has 3 heterocycles. The van der Waals surface area contributed by atoms with Crippen molar-refractivity contribution >= 4 is 16.9 Å². The van der Waals surface area contributed by atoms with Gasteiger partial charge in [-0.15, -0.1) is 5.10 Å². The molecule has 5 nitrogen and oxygen atoms in total. The Kier molecular flexibility index (Phi) is 3.10. The third-order valence-corrected chi connectivity index (χ3v) is 4.40. The number of aromatic amines is 1. The summed E-state index contributed by atoms with van der Waals surface area (Å²) in [6, 6.07) is 5.50. The van der Waals surface area contributed by atoms with Crippen molar-refractivity contribution in [1.82, 2.24) is 15.2 Å². The van der Waals surface area contributed by atoms with Crippen molar-refractivity contribution in [2.75, 3.05) is 18.0 Å². The lowest BCUT2D eigenvalue weighted by atomic mass is 9.89. The first kappa shape index (κ1) is 13.3. The van der Waals surface area contributed by atoms with Gasteiger partial charge in [-0.2, -0.15) is 0 Å². The number of nitrogens with one attached hydrogen (secondary N) is 1. The Morgan fingerprint density at radius 3 is 2.82 bits per heavy atom. The molecule has 3 aromatic rings. The number of fused-ring (bicyclic) bond motifs is 1. The molecule has 1 aromatic carbocycles. The number of H-pyrrole nitrogens is 1. The minimum Gasteiger partial charge on any atom is -0.408 e. The number of hydrogen-bond donors (Lipinski definition) is 1. The lowest BCUT2D eigenvalue weighted by molar-refractivity contribution is 0.450. The lowest BCUT2D eigenvalue weighted by Gasteiger charge is -2.30. The maximum absolute atomic E-state index is 13.5. The third kappa shape index (κ3) is 2.24. The Morgan fingerprint density at radius 1 is 1.27 bits per heavy atom. The summed E-state index contributed by atoms with van der Waals surface area (Å²) in [5.74, 6) is 0.826. The van der Waals surface area contributed by atoms with Crippen molar-refractivity contribution in [2.45, 2.75) is 25.7 Å². The van der Waals surface area contributed by atoms with Crippen molar-refractivity contribution in [3.63, 3.8) is 0 Å². The zero-order valence-electron chi connectivity index (χ0n) is 12.3. The standard InChI is InChI=1S/C16H17FN4O/c1-10-19-20-16(22-10)21-6-4-11(5-7-21)14-9-18-15-3-2-12(17)8-13(14)15/h2-3,8-9,11,18H,4-7H2,1H3. The Hall–Kier alpha value is -2.37. The molecule has 1 saturated heterocycles. The summed E-state index contributed by atoms with van der Waals surface area (Å²) in [7, 11) is 0. The second kappa shape index (κ2) is 5.12. The van der Waals surface area contributed by atoms with E-state index < -0.39 is 0 Å². The van der Waals surface area contributed by atoms with Crippen LogP contribution in [0.15, 0.2) is 28.8 Å². The van der Waals surface area contributed by atoms with Gasteiger partial charge in [0.25, 0.3) is 0 Å². The van der Waals surface area contributed by atoms with Gasteiger partial charge < -0.3 is 14.3 Å². The Bertz CT molecular complexity index is 801. The van der Waals surface area contributed by atoms with E-state index in [2.05, 4.69) is 20.1 Å². The van der Waals surface area contributed by atoms with E-state index in [-0.39, 0.29) is 5.82 Å². The SMILES string of the molecule is Cc1nnc(N2CCC(c3c[nH]c4ccc(F)cc34)CC2)o1. The van der Waals surface area contributed by atoms with Crippen molar-refractivity contribution in [2.24, 2.45) is 0 Å². The summed E-state index contributed by atoms with van der Waals surface area (Å²) < 4.78 is 19.0. The minimum absolute atomic E-state index is 0.188. The lowest BCUT2D eigenvalue weighted by Crippen LogP contribution is -2.33. The fraction of sp³-hybridized carbons (Fsp3) is 0.375. The number of piperidine rings is 1. The van der Waals surface area contributed by atoms with Crippen LogP contribution >= 0.6 is 0 Å². The van der Waals surface area contributed by atoms with E-state index in [1.54, 1.807) is 19.1 Å². The number of nitrogens with zero attached hydrogens (tertiary/aromatic N) is 3. The molecule has 1 aliphatic heterocycles. The van der Waals surface area contributed by atoms with Crippen LogP contribution in [0, 0.1) is 12.7 Å².